The summed E-state index contributed by atoms with van der Waals surface area (Å²) < 4.78 is 0.843. The first kappa shape index (κ1) is 15.3. The van der Waals surface area contributed by atoms with Crippen molar-refractivity contribution in [2.24, 2.45) is 0 Å². The Bertz CT molecular complexity index is 839. The number of anilines is 1. The van der Waals surface area contributed by atoms with Gasteiger partial charge in [-0.3, -0.25) is 4.79 Å². The molecule has 0 aliphatic heterocycles. The summed E-state index contributed by atoms with van der Waals surface area (Å²) in [5.41, 5.74) is 2.07. The molecule has 0 atom stereocenters. The van der Waals surface area contributed by atoms with E-state index in [9.17, 15) is 4.79 Å². The minimum atomic E-state index is -0.108. The third-order valence-electron chi connectivity index (χ3n) is 2.77. The van der Waals surface area contributed by atoms with Crippen LogP contribution in [0.3, 0.4) is 0 Å². The number of aromatic nitrogens is 3. The molecule has 0 unspecified atom stereocenters. The number of carbonyl (C=O) groups is 1. The maximum Gasteiger partial charge on any atom is 0.234 e. The molecule has 0 radical (unpaired) electrons. The Morgan fingerprint density at radius 1 is 1.41 bits per heavy atom. The molecule has 2 N–H and O–H groups in total. The number of carbonyl (C=O) groups excluding carboxylic acids is 1. The quantitative estimate of drug-likeness (QED) is 0.650. The Hall–Kier alpha value is -1.57. The summed E-state index contributed by atoms with van der Waals surface area (Å²) in [6.07, 6.45) is 1.54. The number of fused-ring (bicyclic) bond motifs is 1. The van der Waals surface area contributed by atoms with Gasteiger partial charge in [-0.05, 0) is 34.1 Å². The number of hydrogen-bond acceptors (Lipinski definition) is 4. The molecule has 3 rings (SSSR count). The molecule has 22 heavy (non-hydrogen) atoms. The Morgan fingerprint density at radius 2 is 2.23 bits per heavy atom. The minimum absolute atomic E-state index is 0.108. The van der Waals surface area contributed by atoms with Gasteiger partial charge in [0.05, 0.1) is 22.0 Å². The van der Waals surface area contributed by atoms with E-state index in [-0.39, 0.29) is 11.7 Å². The second-order valence-corrected chi connectivity index (χ2v) is 6.64. The summed E-state index contributed by atoms with van der Waals surface area (Å²) in [6, 6.07) is 9.21. The van der Waals surface area contributed by atoms with Crippen molar-refractivity contribution in [3.8, 4) is 0 Å². The Morgan fingerprint density at radius 3 is 3.05 bits per heavy atom. The zero-order valence-electron chi connectivity index (χ0n) is 11.1. The van der Waals surface area contributed by atoms with Crippen molar-refractivity contribution in [3.05, 3.63) is 46.0 Å². The van der Waals surface area contributed by atoms with Crippen molar-refractivity contribution in [2.75, 3.05) is 11.1 Å². The number of hydrogen-bond donors (Lipinski definition) is 2. The Labute approximate surface area is 144 Å². The van der Waals surface area contributed by atoms with Crippen molar-refractivity contribution in [1.82, 2.24) is 15.0 Å². The second-order valence-electron chi connectivity index (χ2n) is 4.38. The molecular formula is C14H10BrClN4OS. The molecule has 0 aliphatic rings. The number of halogens is 2. The van der Waals surface area contributed by atoms with Crippen molar-refractivity contribution in [3.63, 3.8) is 0 Å². The molecule has 0 saturated heterocycles. The monoisotopic (exact) mass is 396 g/mol. The zero-order valence-corrected chi connectivity index (χ0v) is 14.3. The molecule has 1 aromatic carbocycles. The van der Waals surface area contributed by atoms with Crippen LogP contribution < -0.4 is 5.32 Å². The van der Waals surface area contributed by atoms with E-state index < -0.39 is 0 Å². The van der Waals surface area contributed by atoms with E-state index in [1.807, 2.05) is 24.3 Å². The van der Waals surface area contributed by atoms with Gasteiger partial charge in [0.25, 0.3) is 0 Å². The smallest absolute Gasteiger partial charge is 0.234 e. The second kappa shape index (κ2) is 6.68. The lowest BCUT2D eigenvalue weighted by Gasteiger charge is -2.05. The van der Waals surface area contributed by atoms with Crippen LogP contribution in [0.15, 0.2) is 46.2 Å². The highest BCUT2D eigenvalue weighted by Gasteiger charge is 2.09. The number of benzene rings is 1. The molecule has 5 nitrogen and oxygen atoms in total. The van der Waals surface area contributed by atoms with Gasteiger partial charge in [-0.15, -0.1) is 0 Å². The fourth-order valence-corrected chi connectivity index (χ4v) is 3.02. The van der Waals surface area contributed by atoms with Crippen molar-refractivity contribution < 1.29 is 4.79 Å². The molecule has 3 aromatic rings. The summed E-state index contributed by atoms with van der Waals surface area (Å²) in [7, 11) is 0. The van der Waals surface area contributed by atoms with Crippen LogP contribution in [0.4, 0.5) is 5.69 Å². The SMILES string of the molecule is O=C(CSc1nc2ncc(Cl)cc2[nH]1)Nc1ccccc1Br. The highest BCUT2D eigenvalue weighted by atomic mass is 79.9. The van der Waals surface area contributed by atoms with Crippen LogP contribution in [0, 0.1) is 0 Å². The number of imidazole rings is 1. The fraction of sp³-hybridized carbons (Fsp3) is 0.0714. The van der Waals surface area contributed by atoms with Crippen LogP contribution >= 0.6 is 39.3 Å². The Balaban J connectivity index is 1.63. The maximum atomic E-state index is 12.0. The molecular weight excluding hydrogens is 388 g/mol. The lowest BCUT2D eigenvalue weighted by molar-refractivity contribution is -0.113. The van der Waals surface area contributed by atoms with E-state index in [2.05, 4.69) is 36.2 Å². The summed E-state index contributed by atoms with van der Waals surface area (Å²) >= 11 is 10.6. The van der Waals surface area contributed by atoms with E-state index in [1.54, 1.807) is 12.3 Å². The summed E-state index contributed by atoms with van der Waals surface area (Å²) in [4.78, 5) is 23.5. The Kier molecular flexibility index (Phi) is 4.66. The van der Waals surface area contributed by atoms with Crippen LogP contribution in [0.25, 0.3) is 11.2 Å². The third-order valence-corrected chi connectivity index (χ3v) is 4.54. The number of rotatable bonds is 4. The molecule has 0 aliphatic carbocycles. The van der Waals surface area contributed by atoms with Crippen LogP contribution in [0.1, 0.15) is 0 Å². The van der Waals surface area contributed by atoms with Gasteiger partial charge in [0.1, 0.15) is 0 Å². The van der Waals surface area contributed by atoms with Gasteiger partial charge in [0.15, 0.2) is 10.8 Å². The van der Waals surface area contributed by atoms with Crippen molar-refractivity contribution >= 4 is 62.1 Å². The number of aromatic amines is 1. The van der Waals surface area contributed by atoms with Gasteiger partial charge in [0.2, 0.25) is 5.91 Å². The van der Waals surface area contributed by atoms with Gasteiger partial charge in [-0.2, -0.15) is 0 Å². The number of thioether (sulfide) groups is 1. The number of nitrogens with one attached hydrogen (secondary N) is 2. The van der Waals surface area contributed by atoms with E-state index in [4.69, 9.17) is 11.6 Å². The average Bonchev–Trinajstić information content (AvgIpc) is 2.89. The molecule has 0 spiro atoms. The lowest BCUT2D eigenvalue weighted by atomic mass is 10.3. The number of H-pyrrole nitrogens is 1. The molecule has 0 fully saturated rings. The van der Waals surface area contributed by atoms with E-state index >= 15 is 0 Å². The van der Waals surface area contributed by atoms with Gasteiger partial charge in [-0.1, -0.05) is 35.5 Å². The van der Waals surface area contributed by atoms with Crippen molar-refractivity contribution in [1.29, 1.82) is 0 Å². The molecule has 0 bridgehead atoms. The summed E-state index contributed by atoms with van der Waals surface area (Å²) in [5.74, 6) is 0.137. The highest BCUT2D eigenvalue weighted by molar-refractivity contribution is 9.10. The lowest BCUT2D eigenvalue weighted by Crippen LogP contribution is -2.14. The van der Waals surface area contributed by atoms with Crippen molar-refractivity contribution in [2.45, 2.75) is 5.16 Å². The zero-order chi connectivity index (χ0) is 15.5. The normalized spacial score (nSPS) is 10.8. The first-order valence-corrected chi connectivity index (χ1v) is 8.46. The molecule has 0 saturated carbocycles. The first-order valence-electron chi connectivity index (χ1n) is 6.30. The molecule has 8 heteroatoms. The van der Waals surface area contributed by atoms with Crippen LogP contribution in [0.5, 0.6) is 0 Å². The molecule has 2 aromatic heterocycles. The topological polar surface area (TPSA) is 70.7 Å². The van der Waals surface area contributed by atoms with E-state index in [1.165, 1.54) is 11.8 Å². The molecule has 1 amide bonds. The highest BCUT2D eigenvalue weighted by Crippen LogP contribution is 2.23. The number of para-hydroxylation sites is 1. The van der Waals surface area contributed by atoms with Crippen LogP contribution in [-0.4, -0.2) is 26.6 Å². The number of amides is 1. The number of nitrogens with zero attached hydrogens (tertiary/aromatic N) is 2. The summed E-state index contributed by atoms with van der Waals surface area (Å²) in [5, 5.41) is 4.01. The van der Waals surface area contributed by atoms with E-state index in [0.717, 1.165) is 15.7 Å². The fourth-order valence-electron chi connectivity index (χ4n) is 1.80. The predicted octanol–water partition coefficient (Wildman–Crippen LogP) is 4.10. The number of pyridine rings is 1. The average molecular weight is 398 g/mol. The standard InChI is InChI=1S/C14H10BrClN4OS/c15-9-3-1-2-4-10(9)18-12(21)7-22-14-19-11-5-8(16)6-17-13(11)20-14/h1-6H,7H2,(H,18,21)(H,17,19,20). The predicted molar refractivity (Wildman–Crippen MR) is 92.4 cm³/mol. The summed E-state index contributed by atoms with van der Waals surface area (Å²) in [6.45, 7) is 0. The van der Waals surface area contributed by atoms with Gasteiger partial charge in [0, 0.05) is 10.7 Å². The van der Waals surface area contributed by atoms with Gasteiger partial charge in [-0.25, -0.2) is 9.97 Å². The van der Waals surface area contributed by atoms with Gasteiger partial charge >= 0.3 is 0 Å². The van der Waals surface area contributed by atoms with Gasteiger partial charge < -0.3 is 10.3 Å². The largest absolute Gasteiger partial charge is 0.331 e. The molecule has 2 heterocycles. The first-order chi connectivity index (χ1) is 10.6. The maximum absolute atomic E-state index is 12.0. The van der Waals surface area contributed by atoms with Crippen LogP contribution in [-0.2, 0) is 4.79 Å². The third kappa shape index (κ3) is 3.60. The van der Waals surface area contributed by atoms with Crippen LogP contribution in [0.2, 0.25) is 5.02 Å². The van der Waals surface area contributed by atoms with E-state index in [0.29, 0.717) is 15.8 Å². The minimum Gasteiger partial charge on any atom is -0.331 e. The molecule has 112 valence electrons.